The summed E-state index contributed by atoms with van der Waals surface area (Å²) in [6, 6.07) is 4.43. The summed E-state index contributed by atoms with van der Waals surface area (Å²) < 4.78 is 17.9. The molecule has 0 aromatic heterocycles. The van der Waals surface area contributed by atoms with Gasteiger partial charge in [0.05, 0.1) is 6.61 Å². The smallest absolute Gasteiger partial charge is 0.302 e. The van der Waals surface area contributed by atoms with E-state index in [4.69, 9.17) is 4.74 Å². The van der Waals surface area contributed by atoms with Crippen molar-refractivity contribution in [2.75, 3.05) is 13.2 Å². The van der Waals surface area contributed by atoms with Crippen LogP contribution in [0.15, 0.2) is 24.8 Å². The van der Waals surface area contributed by atoms with Gasteiger partial charge in [-0.2, -0.15) is 0 Å². The molecule has 0 aliphatic rings. The van der Waals surface area contributed by atoms with Gasteiger partial charge in [-0.05, 0) is 35.0 Å². The van der Waals surface area contributed by atoms with E-state index in [0.29, 0.717) is 11.7 Å². The van der Waals surface area contributed by atoms with E-state index in [-0.39, 0.29) is 30.9 Å². The third-order valence-electron chi connectivity index (χ3n) is 2.71. The van der Waals surface area contributed by atoms with Crippen molar-refractivity contribution in [1.29, 1.82) is 0 Å². The number of allylic oxidation sites excluding steroid dienone is 1. The Morgan fingerprint density at radius 1 is 1.48 bits per heavy atom. The third-order valence-corrected chi connectivity index (χ3v) is 3.19. The number of carbonyl (C=O) groups is 1. The van der Waals surface area contributed by atoms with Crippen LogP contribution < -0.4 is 5.30 Å². The average Bonchev–Trinajstić information content (AvgIpc) is 2.45. The second-order valence-electron chi connectivity index (χ2n) is 4.39. The SMILES string of the molecule is C=C(C[C@H](CO)COC(C)=O)c1ccc(F)cc1P.CC. The van der Waals surface area contributed by atoms with E-state index in [1.165, 1.54) is 19.1 Å². The highest BCUT2D eigenvalue weighted by atomic mass is 31.0. The van der Waals surface area contributed by atoms with Crippen molar-refractivity contribution in [3.8, 4) is 0 Å². The Morgan fingerprint density at radius 3 is 2.57 bits per heavy atom. The zero-order valence-electron chi connectivity index (χ0n) is 12.9. The summed E-state index contributed by atoms with van der Waals surface area (Å²) >= 11 is 0. The minimum atomic E-state index is -0.377. The predicted molar refractivity (Wildman–Crippen MR) is 88.0 cm³/mol. The lowest BCUT2D eigenvalue weighted by atomic mass is 9.96. The van der Waals surface area contributed by atoms with E-state index < -0.39 is 0 Å². The third kappa shape index (κ3) is 7.35. The zero-order chi connectivity index (χ0) is 16.4. The first-order valence-corrected chi connectivity index (χ1v) is 7.49. The van der Waals surface area contributed by atoms with Crippen molar-refractivity contribution in [3.63, 3.8) is 0 Å². The van der Waals surface area contributed by atoms with Crippen LogP contribution in [0.5, 0.6) is 0 Å². The Labute approximate surface area is 128 Å². The van der Waals surface area contributed by atoms with Gasteiger partial charge >= 0.3 is 5.97 Å². The Bertz CT molecular complexity index is 475. The van der Waals surface area contributed by atoms with E-state index in [9.17, 15) is 14.3 Å². The van der Waals surface area contributed by atoms with Gasteiger partial charge < -0.3 is 9.84 Å². The van der Waals surface area contributed by atoms with Gasteiger partial charge in [-0.15, -0.1) is 9.24 Å². The van der Waals surface area contributed by atoms with Crippen molar-refractivity contribution in [2.24, 2.45) is 5.92 Å². The summed E-state index contributed by atoms with van der Waals surface area (Å²) in [5, 5.41) is 9.97. The minimum Gasteiger partial charge on any atom is -0.465 e. The predicted octanol–water partition coefficient (Wildman–Crippen LogP) is 2.93. The van der Waals surface area contributed by atoms with Crippen molar-refractivity contribution in [3.05, 3.63) is 36.2 Å². The second-order valence-corrected chi connectivity index (χ2v) is 5.01. The van der Waals surface area contributed by atoms with Gasteiger partial charge in [0.1, 0.15) is 5.82 Å². The number of hydrogen-bond donors (Lipinski definition) is 1. The van der Waals surface area contributed by atoms with Crippen LogP contribution in [-0.4, -0.2) is 24.3 Å². The molecule has 2 atom stereocenters. The summed E-state index contributed by atoms with van der Waals surface area (Å²) in [5.74, 6) is -0.886. The number of ether oxygens (including phenoxy) is 1. The van der Waals surface area contributed by atoms with Crippen molar-refractivity contribution in [1.82, 2.24) is 0 Å². The molecule has 1 aromatic rings. The lowest BCUT2D eigenvalue weighted by molar-refractivity contribution is -0.142. The van der Waals surface area contributed by atoms with Crippen LogP contribution in [0.25, 0.3) is 5.57 Å². The molecule has 118 valence electrons. The van der Waals surface area contributed by atoms with Crippen LogP contribution in [0.2, 0.25) is 0 Å². The second kappa shape index (κ2) is 10.5. The fraction of sp³-hybridized carbons (Fsp3) is 0.438. The quantitative estimate of drug-likeness (QED) is 0.649. The normalized spacial score (nSPS) is 11.1. The molecular formula is C16H24FO3P. The molecule has 21 heavy (non-hydrogen) atoms. The number of esters is 1. The lowest BCUT2D eigenvalue weighted by Gasteiger charge is -2.16. The molecule has 0 fully saturated rings. The van der Waals surface area contributed by atoms with Crippen LogP contribution in [-0.2, 0) is 9.53 Å². The summed E-state index contributed by atoms with van der Waals surface area (Å²) in [7, 11) is 2.46. The number of benzene rings is 1. The van der Waals surface area contributed by atoms with E-state index >= 15 is 0 Å². The molecule has 0 aliphatic heterocycles. The number of aliphatic hydroxyl groups excluding tert-OH is 1. The molecule has 0 spiro atoms. The van der Waals surface area contributed by atoms with E-state index in [1.807, 2.05) is 13.8 Å². The summed E-state index contributed by atoms with van der Waals surface area (Å²) in [6.45, 7) is 9.32. The number of hydrogen-bond acceptors (Lipinski definition) is 3. The van der Waals surface area contributed by atoms with Gasteiger partial charge in [0.2, 0.25) is 0 Å². The Balaban J connectivity index is 0.00000191. The molecule has 0 saturated carbocycles. The molecule has 0 saturated heterocycles. The van der Waals surface area contributed by atoms with Crippen LogP contribution >= 0.6 is 9.24 Å². The first-order chi connectivity index (χ1) is 9.93. The Kier molecular flexibility index (Phi) is 9.85. The van der Waals surface area contributed by atoms with Gasteiger partial charge in [0, 0.05) is 19.4 Å². The fourth-order valence-electron chi connectivity index (χ4n) is 1.73. The maximum Gasteiger partial charge on any atom is 0.302 e. The lowest BCUT2D eigenvalue weighted by Crippen LogP contribution is -2.17. The van der Waals surface area contributed by atoms with Crippen molar-refractivity contribution < 1.29 is 19.0 Å². The maximum absolute atomic E-state index is 13.0. The summed E-state index contributed by atoms with van der Waals surface area (Å²) in [6.07, 6.45) is 0.483. The first-order valence-electron chi connectivity index (χ1n) is 6.91. The molecule has 5 heteroatoms. The van der Waals surface area contributed by atoms with E-state index in [2.05, 4.69) is 15.8 Å². The number of rotatable bonds is 6. The molecule has 1 N–H and O–H groups in total. The molecular weight excluding hydrogens is 290 g/mol. The van der Waals surface area contributed by atoms with Gasteiger partial charge in [-0.3, -0.25) is 4.79 Å². The molecule has 3 nitrogen and oxygen atoms in total. The molecule has 0 amide bonds. The molecule has 0 heterocycles. The van der Waals surface area contributed by atoms with E-state index in [1.54, 1.807) is 6.07 Å². The van der Waals surface area contributed by atoms with Gasteiger partial charge in [-0.1, -0.05) is 26.5 Å². The van der Waals surface area contributed by atoms with Gasteiger partial charge in [-0.25, -0.2) is 4.39 Å². The first kappa shape index (κ1) is 19.8. The number of halogens is 1. The van der Waals surface area contributed by atoms with Crippen molar-refractivity contribution >= 4 is 26.1 Å². The van der Waals surface area contributed by atoms with E-state index in [0.717, 1.165) is 11.1 Å². The highest BCUT2D eigenvalue weighted by Gasteiger charge is 2.13. The fourth-order valence-corrected chi connectivity index (χ4v) is 2.18. The highest BCUT2D eigenvalue weighted by Crippen LogP contribution is 2.21. The summed E-state index contributed by atoms with van der Waals surface area (Å²) in [4.78, 5) is 10.7. The maximum atomic E-state index is 13.0. The largest absolute Gasteiger partial charge is 0.465 e. The highest BCUT2D eigenvalue weighted by molar-refractivity contribution is 7.27. The van der Waals surface area contributed by atoms with Crippen LogP contribution in [0.1, 0.15) is 32.8 Å². The monoisotopic (exact) mass is 314 g/mol. The average molecular weight is 314 g/mol. The van der Waals surface area contributed by atoms with Gasteiger partial charge in [0.15, 0.2) is 0 Å². The molecule has 1 rings (SSSR count). The molecule has 0 bridgehead atoms. The molecule has 0 radical (unpaired) electrons. The molecule has 0 aliphatic carbocycles. The van der Waals surface area contributed by atoms with Crippen LogP contribution in [0.3, 0.4) is 0 Å². The standard InChI is InChI=1S/C14H18FO3P.C2H6/c1-9(5-11(7-16)8-18-10(2)17)13-4-3-12(15)6-14(13)19;1-2/h3-4,6,11,16H,1,5,7-8,19H2,2H3;1-2H3/t11-;/m1./s1. The van der Waals surface area contributed by atoms with Crippen LogP contribution in [0, 0.1) is 11.7 Å². The number of aliphatic hydroxyl groups is 1. The topological polar surface area (TPSA) is 46.5 Å². The van der Waals surface area contributed by atoms with Crippen LogP contribution in [0.4, 0.5) is 4.39 Å². The molecule has 1 aromatic carbocycles. The number of carbonyl (C=O) groups excluding carboxylic acids is 1. The van der Waals surface area contributed by atoms with Gasteiger partial charge in [0.25, 0.3) is 0 Å². The van der Waals surface area contributed by atoms with Crippen molar-refractivity contribution in [2.45, 2.75) is 27.2 Å². The Morgan fingerprint density at radius 2 is 2.10 bits per heavy atom. The zero-order valence-corrected chi connectivity index (χ0v) is 14.0. The minimum absolute atomic E-state index is 0.0975. The molecule has 1 unspecified atom stereocenters. The summed E-state index contributed by atoms with van der Waals surface area (Å²) in [5.41, 5.74) is 1.60. The Hall–Kier alpha value is -1.25.